The molecular formula is C17H21F3N4O2. The van der Waals surface area contributed by atoms with Gasteiger partial charge in [0.05, 0.1) is 0 Å². The van der Waals surface area contributed by atoms with Crippen LogP contribution in [0, 0.1) is 5.92 Å². The average molecular weight is 370 g/mol. The largest absolute Gasteiger partial charge is 0.449 e. The summed E-state index contributed by atoms with van der Waals surface area (Å²) >= 11 is 0. The van der Waals surface area contributed by atoms with Gasteiger partial charge in [0.2, 0.25) is 5.82 Å². The number of nitrogens with zero attached hydrogens (tertiary/aromatic N) is 4. The molecule has 2 aromatic heterocycles. The number of fused-ring (bicyclic) bond motifs is 1. The third-order valence-corrected chi connectivity index (χ3v) is 4.14. The van der Waals surface area contributed by atoms with E-state index in [1.807, 2.05) is 0 Å². The first-order chi connectivity index (χ1) is 12.0. The molecule has 0 aliphatic carbocycles. The van der Waals surface area contributed by atoms with E-state index < -0.39 is 23.7 Å². The number of ether oxygens (including phenoxy) is 1. The number of carbonyl (C=O) groups is 1. The second kappa shape index (κ2) is 6.44. The molecule has 142 valence electrons. The molecule has 1 aliphatic rings. The van der Waals surface area contributed by atoms with Crippen molar-refractivity contribution in [3.05, 3.63) is 24.2 Å². The van der Waals surface area contributed by atoms with Crippen molar-refractivity contribution in [2.24, 2.45) is 5.92 Å². The van der Waals surface area contributed by atoms with E-state index in [-0.39, 0.29) is 23.6 Å². The summed E-state index contributed by atoms with van der Waals surface area (Å²) in [4.78, 5) is 21.4. The predicted molar refractivity (Wildman–Crippen MR) is 88.4 cm³/mol. The van der Waals surface area contributed by atoms with Gasteiger partial charge in [0.1, 0.15) is 11.1 Å². The molecule has 0 N–H and O–H groups in total. The Labute approximate surface area is 149 Å². The van der Waals surface area contributed by atoms with Crippen molar-refractivity contribution in [2.45, 2.75) is 45.5 Å². The monoisotopic (exact) mass is 370 g/mol. The van der Waals surface area contributed by atoms with Gasteiger partial charge in [-0.3, -0.25) is 0 Å². The van der Waals surface area contributed by atoms with E-state index in [1.165, 1.54) is 17.2 Å². The van der Waals surface area contributed by atoms with Crippen molar-refractivity contribution in [1.29, 1.82) is 0 Å². The minimum absolute atomic E-state index is 0.0989. The Hall–Kier alpha value is -2.32. The molecule has 1 unspecified atom stereocenters. The smallest absolute Gasteiger partial charge is 0.444 e. The number of hydrogen-bond donors (Lipinski definition) is 0. The van der Waals surface area contributed by atoms with Crippen LogP contribution < -0.4 is 0 Å². The standard InChI is InChI=1S/C17H21F3N4O2/c1-16(2,3)26-15(25)23-8-6-11(9-23)10-24-13-12(5-4-7-21-13)22-14(24)17(18,19)20/h4-5,7,11H,6,8-10H2,1-3H3. The van der Waals surface area contributed by atoms with Gasteiger partial charge in [-0.25, -0.2) is 14.8 Å². The maximum absolute atomic E-state index is 13.4. The fourth-order valence-electron chi connectivity index (χ4n) is 3.08. The molecule has 1 fully saturated rings. The zero-order chi connectivity index (χ0) is 19.1. The Kier molecular flexibility index (Phi) is 4.58. The lowest BCUT2D eigenvalue weighted by Crippen LogP contribution is -2.35. The number of aromatic nitrogens is 3. The van der Waals surface area contributed by atoms with Crippen LogP contribution in [0.3, 0.4) is 0 Å². The zero-order valence-corrected chi connectivity index (χ0v) is 14.9. The van der Waals surface area contributed by atoms with Crippen LogP contribution in [-0.4, -0.2) is 44.2 Å². The van der Waals surface area contributed by atoms with E-state index in [2.05, 4.69) is 9.97 Å². The van der Waals surface area contributed by atoms with Crippen molar-refractivity contribution in [2.75, 3.05) is 13.1 Å². The topological polar surface area (TPSA) is 60.2 Å². The molecule has 2 aromatic rings. The Balaban J connectivity index is 1.79. The fraction of sp³-hybridized carbons (Fsp3) is 0.588. The number of hydrogen-bond acceptors (Lipinski definition) is 4. The predicted octanol–water partition coefficient (Wildman–Crippen LogP) is 3.71. The summed E-state index contributed by atoms with van der Waals surface area (Å²) in [5.74, 6) is -1.08. The van der Waals surface area contributed by atoms with Crippen LogP contribution in [0.1, 0.15) is 33.0 Å². The number of amides is 1. The number of alkyl halides is 3. The summed E-state index contributed by atoms with van der Waals surface area (Å²) < 4.78 is 46.5. The molecule has 0 bridgehead atoms. The first kappa shape index (κ1) is 18.5. The Bertz CT molecular complexity index is 810. The number of halogens is 3. The van der Waals surface area contributed by atoms with Gasteiger partial charge in [-0.2, -0.15) is 13.2 Å². The molecule has 26 heavy (non-hydrogen) atoms. The molecule has 0 aromatic carbocycles. The molecule has 3 heterocycles. The van der Waals surface area contributed by atoms with E-state index in [1.54, 1.807) is 26.8 Å². The number of pyridine rings is 1. The van der Waals surface area contributed by atoms with Gasteiger partial charge in [-0.05, 0) is 45.2 Å². The van der Waals surface area contributed by atoms with Crippen molar-refractivity contribution in [1.82, 2.24) is 19.4 Å². The number of rotatable bonds is 2. The van der Waals surface area contributed by atoms with Crippen LogP contribution in [0.25, 0.3) is 11.2 Å². The molecule has 0 saturated carbocycles. The van der Waals surface area contributed by atoms with Crippen LogP contribution in [0.4, 0.5) is 18.0 Å². The minimum atomic E-state index is -4.57. The normalized spacial score (nSPS) is 18.5. The van der Waals surface area contributed by atoms with Gasteiger partial charge in [-0.15, -0.1) is 0 Å². The summed E-state index contributed by atoms with van der Waals surface area (Å²) in [5.41, 5.74) is -0.194. The number of imidazole rings is 1. The highest BCUT2D eigenvalue weighted by atomic mass is 19.4. The third kappa shape index (κ3) is 3.91. The molecule has 1 aliphatic heterocycles. The van der Waals surface area contributed by atoms with Crippen molar-refractivity contribution in [3.8, 4) is 0 Å². The highest BCUT2D eigenvalue weighted by molar-refractivity contribution is 5.71. The average Bonchev–Trinajstić information content (AvgIpc) is 3.11. The van der Waals surface area contributed by atoms with E-state index in [9.17, 15) is 18.0 Å². The molecular weight excluding hydrogens is 349 g/mol. The quantitative estimate of drug-likeness (QED) is 0.809. The van der Waals surface area contributed by atoms with Gasteiger partial charge in [0.25, 0.3) is 0 Å². The number of likely N-dealkylation sites (tertiary alicyclic amines) is 1. The molecule has 3 rings (SSSR count). The first-order valence-corrected chi connectivity index (χ1v) is 8.41. The SMILES string of the molecule is CC(C)(C)OC(=O)N1CCC(Cn2c(C(F)(F)F)nc3cccnc32)C1. The lowest BCUT2D eigenvalue weighted by molar-refractivity contribution is -0.147. The van der Waals surface area contributed by atoms with Gasteiger partial charge < -0.3 is 14.2 Å². The molecule has 9 heteroatoms. The third-order valence-electron chi connectivity index (χ3n) is 4.14. The summed E-state index contributed by atoms with van der Waals surface area (Å²) in [6, 6.07) is 3.06. The molecule has 1 atom stereocenters. The van der Waals surface area contributed by atoms with Crippen LogP contribution in [0.2, 0.25) is 0 Å². The number of carbonyl (C=O) groups excluding carboxylic acids is 1. The van der Waals surface area contributed by atoms with Gasteiger partial charge in [0, 0.05) is 25.8 Å². The first-order valence-electron chi connectivity index (χ1n) is 8.41. The Morgan fingerprint density at radius 1 is 1.35 bits per heavy atom. The highest BCUT2D eigenvalue weighted by Gasteiger charge is 2.39. The molecule has 6 nitrogen and oxygen atoms in total. The highest BCUT2D eigenvalue weighted by Crippen LogP contribution is 2.32. The zero-order valence-electron chi connectivity index (χ0n) is 14.9. The van der Waals surface area contributed by atoms with Crippen molar-refractivity contribution >= 4 is 17.3 Å². The Morgan fingerprint density at radius 3 is 2.73 bits per heavy atom. The minimum Gasteiger partial charge on any atom is -0.444 e. The molecule has 0 radical (unpaired) electrons. The Morgan fingerprint density at radius 2 is 2.08 bits per heavy atom. The molecule has 1 amide bonds. The van der Waals surface area contributed by atoms with Crippen LogP contribution in [-0.2, 0) is 17.5 Å². The van der Waals surface area contributed by atoms with E-state index in [0.29, 0.717) is 19.5 Å². The van der Waals surface area contributed by atoms with Gasteiger partial charge in [0.15, 0.2) is 5.65 Å². The van der Waals surface area contributed by atoms with Crippen LogP contribution >= 0.6 is 0 Å². The van der Waals surface area contributed by atoms with Crippen molar-refractivity contribution < 1.29 is 22.7 Å². The van der Waals surface area contributed by atoms with Gasteiger partial charge in [-0.1, -0.05) is 0 Å². The fourth-order valence-corrected chi connectivity index (χ4v) is 3.08. The summed E-state index contributed by atoms with van der Waals surface area (Å²) in [5, 5.41) is 0. The van der Waals surface area contributed by atoms with Gasteiger partial charge >= 0.3 is 12.3 Å². The van der Waals surface area contributed by atoms with Crippen molar-refractivity contribution in [3.63, 3.8) is 0 Å². The maximum Gasteiger partial charge on any atom is 0.449 e. The lowest BCUT2D eigenvalue weighted by atomic mass is 10.1. The van der Waals surface area contributed by atoms with Crippen LogP contribution in [0.5, 0.6) is 0 Å². The summed E-state index contributed by atoms with van der Waals surface area (Å²) in [6.45, 7) is 6.23. The summed E-state index contributed by atoms with van der Waals surface area (Å²) in [6.07, 6.45) is -2.96. The second-order valence-corrected chi connectivity index (χ2v) is 7.47. The lowest BCUT2D eigenvalue weighted by Gasteiger charge is -2.24. The maximum atomic E-state index is 13.4. The van der Waals surface area contributed by atoms with E-state index in [4.69, 9.17) is 4.74 Å². The summed E-state index contributed by atoms with van der Waals surface area (Å²) in [7, 11) is 0. The molecule has 1 saturated heterocycles. The molecule has 0 spiro atoms. The van der Waals surface area contributed by atoms with E-state index in [0.717, 1.165) is 4.57 Å². The second-order valence-electron chi connectivity index (χ2n) is 7.47. The van der Waals surface area contributed by atoms with Crippen LogP contribution in [0.15, 0.2) is 18.3 Å². The van der Waals surface area contributed by atoms with E-state index >= 15 is 0 Å².